The molecule has 2 aliphatic carbocycles. The molecule has 2 atom stereocenters. The first-order chi connectivity index (χ1) is 13.9. The first-order valence-electron chi connectivity index (χ1n) is 10.7. The van der Waals surface area contributed by atoms with Crippen molar-refractivity contribution in [3.63, 3.8) is 0 Å². The number of sulfone groups is 1. The average Bonchev–Trinajstić information content (AvgIpc) is 3.44. The Morgan fingerprint density at radius 2 is 1.79 bits per heavy atom. The van der Waals surface area contributed by atoms with Gasteiger partial charge in [0.1, 0.15) is 6.10 Å². The van der Waals surface area contributed by atoms with E-state index in [2.05, 4.69) is 0 Å². The van der Waals surface area contributed by atoms with Crippen LogP contribution < -0.4 is 0 Å². The fourth-order valence-electron chi connectivity index (χ4n) is 4.42. The van der Waals surface area contributed by atoms with E-state index in [1.807, 2.05) is 17.0 Å². The third-order valence-electron chi connectivity index (χ3n) is 6.65. The van der Waals surface area contributed by atoms with Gasteiger partial charge in [-0.1, -0.05) is 12.1 Å². The molecular weight excluding hydrogens is 390 g/mol. The van der Waals surface area contributed by atoms with Gasteiger partial charge in [-0.15, -0.1) is 0 Å². The Morgan fingerprint density at radius 1 is 1.10 bits per heavy atom. The lowest BCUT2D eigenvalue weighted by Crippen LogP contribution is -2.41. The molecule has 3 fully saturated rings. The Morgan fingerprint density at radius 3 is 2.38 bits per heavy atom. The number of likely N-dealkylation sites (tertiary alicyclic amines) is 1. The highest BCUT2D eigenvalue weighted by Crippen LogP contribution is 2.48. The molecule has 0 unspecified atom stereocenters. The van der Waals surface area contributed by atoms with Crippen LogP contribution in [0.25, 0.3) is 0 Å². The van der Waals surface area contributed by atoms with Gasteiger partial charge in [0.15, 0.2) is 9.84 Å². The van der Waals surface area contributed by atoms with Gasteiger partial charge in [-0.3, -0.25) is 0 Å². The van der Waals surface area contributed by atoms with Gasteiger partial charge >= 0.3 is 6.09 Å². The third-order valence-corrected chi connectivity index (χ3v) is 7.78. The van der Waals surface area contributed by atoms with Crippen LogP contribution in [0.2, 0.25) is 0 Å². The molecule has 3 aliphatic rings. The first-order valence-corrected chi connectivity index (χ1v) is 12.6. The number of hydrogen-bond acceptors (Lipinski definition) is 5. The minimum Gasteiger partial charge on any atom is -0.446 e. The highest BCUT2D eigenvalue weighted by atomic mass is 32.2. The summed E-state index contributed by atoms with van der Waals surface area (Å²) in [7, 11) is -3.15. The standard InChI is InChI=1S/C22H31NO5S/c1-29(25,26)20-7-5-16(6-8-20)14-27-15-18-13-21(18)17-9-11-23(12-10-17)22(24)28-19-3-2-4-19/h5-8,17-19,21H,2-4,9-15H2,1H3/t18-,21+/m0/s1. The van der Waals surface area contributed by atoms with Gasteiger partial charge in [0, 0.05) is 19.3 Å². The second-order valence-corrected chi connectivity index (χ2v) is 10.9. The van der Waals surface area contributed by atoms with Crippen LogP contribution in [0.3, 0.4) is 0 Å². The van der Waals surface area contributed by atoms with Crippen LogP contribution in [0.4, 0.5) is 4.79 Å². The van der Waals surface area contributed by atoms with E-state index in [9.17, 15) is 13.2 Å². The summed E-state index contributed by atoms with van der Waals surface area (Å²) in [5, 5.41) is 0. The van der Waals surface area contributed by atoms with Crippen LogP contribution >= 0.6 is 0 Å². The third kappa shape index (κ3) is 5.31. The Hall–Kier alpha value is -1.60. The molecule has 1 saturated heterocycles. The summed E-state index contributed by atoms with van der Waals surface area (Å²) in [6.45, 7) is 2.89. The zero-order chi connectivity index (χ0) is 20.4. The molecule has 1 amide bonds. The van der Waals surface area contributed by atoms with Crippen LogP contribution in [0.5, 0.6) is 0 Å². The van der Waals surface area contributed by atoms with E-state index in [4.69, 9.17) is 9.47 Å². The van der Waals surface area contributed by atoms with Gasteiger partial charge in [0.25, 0.3) is 0 Å². The minimum absolute atomic E-state index is 0.120. The Kier molecular flexibility index (Phi) is 6.16. The van der Waals surface area contributed by atoms with Gasteiger partial charge in [0.2, 0.25) is 0 Å². The van der Waals surface area contributed by atoms with E-state index < -0.39 is 9.84 Å². The number of rotatable bonds is 7. The number of ether oxygens (including phenoxy) is 2. The molecule has 1 aliphatic heterocycles. The molecule has 0 spiro atoms. The maximum atomic E-state index is 12.2. The Labute approximate surface area is 173 Å². The highest BCUT2D eigenvalue weighted by molar-refractivity contribution is 7.90. The number of amides is 1. The lowest BCUT2D eigenvalue weighted by Gasteiger charge is -2.34. The van der Waals surface area contributed by atoms with Crippen molar-refractivity contribution in [3.8, 4) is 0 Å². The van der Waals surface area contributed by atoms with Gasteiger partial charge in [-0.25, -0.2) is 13.2 Å². The molecule has 7 heteroatoms. The Balaban J connectivity index is 1.13. The maximum Gasteiger partial charge on any atom is 0.410 e. The first kappa shape index (κ1) is 20.7. The number of carbonyl (C=O) groups is 1. The van der Waals surface area contributed by atoms with Crippen molar-refractivity contribution in [1.29, 1.82) is 0 Å². The monoisotopic (exact) mass is 421 g/mol. The molecule has 2 saturated carbocycles. The summed E-state index contributed by atoms with van der Waals surface area (Å²) >= 11 is 0. The zero-order valence-electron chi connectivity index (χ0n) is 17.1. The number of benzene rings is 1. The van der Waals surface area contributed by atoms with E-state index in [0.717, 1.165) is 50.9 Å². The fourth-order valence-corrected chi connectivity index (χ4v) is 5.05. The van der Waals surface area contributed by atoms with E-state index >= 15 is 0 Å². The van der Waals surface area contributed by atoms with Crippen molar-refractivity contribution < 1.29 is 22.7 Å². The molecule has 1 heterocycles. The van der Waals surface area contributed by atoms with Crippen LogP contribution in [0.15, 0.2) is 29.2 Å². The fraction of sp³-hybridized carbons (Fsp3) is 0.682. The van der Waals surface area contributed by atoms with Gasteiger partial charge in [-0.2, -0.15) is 0 Å². The normalized spacial score (nSPS) is 25.5. The zero-order valence-corrected chi connectivity index (χ0v) is 17.9. The van der Waals surface area contributed by atoms with Gasteiger partial charge < -0.3 is 14.4 Å². The summed E-state index contributed by atoms with van der Waals surface area (Å²) in [5.41, 5.74) is 0.993. The van der Waals surface area contributed by atoms with Crippen molar-refractivity contribution in [2.24, 2.45) is 17.8 Å². The summed E-state index contributed by atoms with van der Waals surface area (Å²) in [6.07, 6.45) is 7.82. The average molecular weight is 422 g/mol. The number of piperidine rings is 1. The SMILES string of the molecule is CS(=O)(=O)c1ccc(COC[C@@H]2C[C@@H]2C2CCN(C(=O)OC3CCC3)CC2)cc1. The lowest BCUT2D eigenvalue weighted by molar-refractivity contribution is 0.0192. The summed E-state index contributed by atoms with van der Waals surface area (Å²) in [5.74, 6) is 2.02. The summed E-state index contributed by atoms with van der Waals surface area (Å²) in [6, 6.07) is 6.91. The van der Waals surface area contributed by atoms with Gasteiger partial charge in [0.05, 0.1) is 18.1 Å². The van der Waals surface area contributed by atoms with Crippen LogP contribution in [0, 0.1) is 17.8 Å². The van der Waals surface area contributed by atoms with E-state index in [-0.39, 0.29) is 12.2 Å². The molecule has 0 N–H and O–H groups in total. The second-order valence-electron chi connectivity index (χ2n) is 8.85. The second kappa shape index (κ2) is 8.64. The predicted molar refractivity (Wildman–Crippen MR) is 109 cm³/mol. The molecule has 0 radical (unpaired) electrons. The van der Waals surface area contributed by atoms with Crippen molar-refractivity contribution in [1.82, 2.24) is 4.90 Å². The van der Waals surface area contributed by atoms with Crippen LogP contribution in [0.1, 0.15) is 44.1 Å². The van der Waals surface area contributed by atoms with Crippen LogP contribution in [-0.2, 0) is 25.9 Å². The molecule has 1 aromatic carbocycles. The smallest absolute Gasteiger partial charge is 0.410 e. The topological polar surface area (TPSA) is 72.9 Å². The number of hydrogen-bond donors (Lipinski definition) is 0. The molecule has 29 heavy (non-hydrogen) atoms. The molecule has 1 aromatic rings. The minimum atomic E-state index is -3.15. The lowest BCUT2D eigenvalue weighted by atomic mass is 9.91. The molecule has 0 bridgehead atoms. The summed E-state index contributed by atoms with van der Waals surface area (Å²) in [4.78, 5) is 14.4. The molecular formula is C22H31NO5S. The Bertz CT molecular complexity index is 810. The molecule has 6 nitrogen and oxygen atoms in total. The summed E-state index contributed by atoms with van der Waals surface area (Å²) < 4.78 is 34.4. The quantitative estimate of drug-likeness (QED) is 0.672. The molecule has 0 aromatic heterocycles. The van der Waals surface area contributed by atoms with Gasteiger partial charge in [-0.05, 0) is 74.0 Å². The van der Waals surface area contributed by atoms with E-state index in [1.165, 1.54) is 19.1 Å². The van der Waals surface area contributed by atoms with Crippen molar-refractivity contribution in [2.45, 2.75) is 56.1 Å². The van der Waals surface area contributed by atoms with Crippen LogP contribution in [-0.4, -0.2) is 51.5 Å². The predicted octanol–water partition coefficient (Wildman–Crippen LogP) is 3.64. The number of carbonyl (C=O) groups excluding carboxylic acids is 1. The van der Waals surface area contributed by atoms with Crippen molar-refractivity contribution in [2.75, 3.05) is 26.0 Å². The highest BCUT2D eigenvalue weighted by Gasteiger charge is 2.44. The molecule has 4 rings (SSSR count). The van der Waals surface area contributed by atoms with E-state index in [0.29, 0.717) is 29.3 Å². The van der Waals surface area contributed by atoms with E-state index in [1.54, 1.807) is 12.1 Å². The number of nitrogens with zero attached hydrogens (tertiary/aromatic N) is 1. The molecule has 160 valence electrons. The van der Waals surface area contributed by atoms with Crippen molar-refractivity contribution in [3.05, 3.63) is 29.8 Å². The van der Waals surface area contributed by atoms with Crippen molar-refractivity contribution >= 4 is 15.9 Å². The largest absolute Gasteiger partial charge is 0.446 e. The maximum absolute atomic E-state index is 12.2.